The van der Waals surface area contributed by atoms with Crippen molar-refractivity contribution >= 4 is 26.8 Å². The van der Waals surface area contributed by atoms with Crippen LogP contribution in [0.5, 0.6) is 0 Å². The summed E-state index contributed by atoms with van der Waals surface area (Å²) in [5, 5.41) is 8.34. The summed E-state index contributed by atoms with van der Waals surface area (Å²) in [4.78, 5) is 7.98. The van der Waals surface area contributed by atoms with E-state index in [4.69, 9.17) is 0 Å². The fraction of sp³-hybridized carbons (Fsp3) is 0. The number of hydrogen-bond donors (Lipinski definition) is 1. The van der Waals surface area contributed by atoms with Gasteiger partial charge in [0.2, 0.25) is 0 Å². The first-order chi connectivity index (χ1) is 7.84. The maximum Gasteiger partial charge on any atom is 0.115 e. The first-order valence-corrected chi connectivity index (χ1v) is 5.53. The highest BCUT2D eigenvalue weighted by Gasteiger charge is 2.08. The van der Waals surface area contributed by atoms with Gasteiger partial charge in [-0.3, -0.25) is 5.10 Å². The van der Waals surface area contributed by atoms with E-state index >= 15 is 0 Å². The van der Waals surface area contributed by atoms with Crippen LogP contribution < -0.4 is 0 Å². The van der Waals surface area contributed by atoms with Crippen molar-refractivity contribution in [2.24, 2.45) is 0 Å². The van der Waals surface area contributed by atoms with Crippen molar-refractivity contribution in [2.75, 3.05) is 0 Å². The quantitative estimate of drug-likeness (QED) is 0.743. The van der Waals surface area contributed by atoms with Gasteiger partial charge in [-0.15, -0.1) is 0 Å². The second-order valence-corrected chi connectivity index (χ2v) is 4.30. The molecule has 0 amide bonds. The molecule has 0 aliphatic carbocycles. The monoisotopic (exact) mass is 274 g/mol. The summed E-state index contributed by atoms with van der Waals surface area (Å²) in [5.74, 6) is 0. The van der Waals surface area contributed by atoms with Crippen LogP contribution in [0.2, 0.25) is 0 Å². The number of benzene rings is 1. The van der Waals surface area contributed by atoms with E-state index in [0.29, 0.717) is 0 Å². The molecule has 2 aromatic heterocycles. The van der Waals surface area contributed by atoms with Crippen LogP contribution in [0, 0.1) is 0 Å². The van der Waals surface area contributed by atoms with Crippen molar-refractivity contribution < 1.29 is 0 Å². The zero-order valence-electron chi connectivity index (χ0n) is 8.18. The molecular formula is C11H7BrN4. The normalized spacial score (nSPS) is 10.8. The molecule has 0 unspecified atom stereocenters. The summed E-state index contributed by atoms with van der Waals surface area (Å²) in [6, 6.07) is 6.01. The van der Waals surface area contributed by atoms with Gasteiger partial charge in [0.1, 0.15) is 12.0 Å². The molecule has 0 fully saturated rings. The van der Waals surface area contributed by atoms with E-state index in [1.54, 1.807) is 12.4 Å². The number of rotatable bonds is 1. The third-order valence-corrected chi connectivity index (χ3v) is 2.85. The molecule has 0 bridgehead atoms. The van der Waals surface area contributed by atoms with E-state index in [1.165, 1.54) is 6.33 Å². The van der Waals surface area contributed by atoms with Gasteiger partial charge in [0.05, 0.1) is 5.52 Å². The molecule has 0 aliphatic heterocycles. The lowest BCUT2D eigenvalue weighted by atomic mass is 10.1. The number of aromatic nitrogens is 4. The van der Waals surface area contributed by atoms with Gasteiger partial charge in [-0.25, -0.2) is 9.97 Å². The Hall–Kier alpha value is -1.75. The van der Waals surface area contributed by atoms with Gasteiger partial charge >= 0.3 is 0 Å². The average Bonchev–Trinajstić information content (AvgIpc) is 2.73. The van der Waals surface area contributed by atoms with Gasteiger partial charge in [0.25, 0.3) is 0 Å². The Balaban J connectivity index is 2.26. The molecule has 0 aliphatic rings. The number of hydrogen-bond acceptors (Lipinski definition) is 3. The van der Waals surface area contributed by atoms with Crippen molar-refractivity contribution in [1.29, 1.82) is 0 Å². The molecule has 0 atom stereocenters. The van der Waals surface area contributed by atoms with Crippen molar-refractivity contribution in [2.45, 2.75) is 0 Å². The first kappa shape index (κ1) is 9.47. The molecule has 4 nitrogen and oxygen atoms in total. The Bertz CT molecular complexity index is 633. The van der Waals surface area contributed by atoms with E-state index < -0.39 is 0 Å². The van der Waals surface area contributed by atoms with Crippen molar-refractivity contribution in [3.8, 4) is 11.3 Å². The molecule has 0 radical (unpaired) electrons. The maximum atomic E-state index is 4.28. The zero-order valence-corrected chi connectivity index (χ0v) is 9.77. The fourth-order valence-electron chi connectivity index (χ4n) is 1.63. The fourth-order valence-corrected chi connectivity index (χ4v) is 1.99. The Morgan fingerprint density at radius 2 is 1.94 bits per heavy atom. The van der Waals surface area contributed by atoms with Crippen LogP contribution in [0.15, 0.2) is 41.4 Å². The number of fused-ring (bicyclic) bond motifs is 1. The van der Waals surface area contributed by atoms with Crippen LogP contribution in [0.4, 0.5) is 0 Å². The van der Waals surface area contributed by atoms with Gasteiger partial charge in [-0.05, 0) is 18.2 Å². The molecule has 0 saturated heterocycles. The molecule has 0 saturated carbocycles. The van der Waals surface area contributed by atoms with Crippen LogP contribution in [-0.4, -0.2) is 20.2 Å². The molecule has 78 valence electrons. The predicted octanol–water partition coefficient (Wildman–Crippen LogP) is 2.78. The van der Waals surface area contributed by atoms with Crippen LogP contribution in [0.1, 0.15) is 0 Å². The van der Waals surface area contributed by atoms with E-state index in [1.807, 2.05) is 18.2 Å². The van der Waals surface area contributed by atoms with Gasteiger partial charge in [0.15, 0.2) is 0 Å². The van der Waals surface area contributed by atoms with Gasteiger partial charge in [-0.1, -0.05) is 15.9 Å². The highest BCUT2D eigenvalue weighted by molar-refractivity contribution is 9.10. The van der Waals surface area contributed by atoms with E-state index in [9.17, 15) is 0 Å². The molecule has 2 heterocycles. The van der Waals surface area contributed by atoms with Crippen molar-refractivity contribution in [3.63, 3.8) is 0 Å². The highest BCUT2D eigenvalue weighted by Crippen LogP contribution is 2.26. The molecule has 3 rings (SSSR count). The second-order valence-electron chi connectivity index (χ2n) is 3.39. The SMILES string of the molecule is Brc1ccc2c(-c3cncnc3)n[nH]c2c1. The highest BCUT2D eigenvalue weighted by atomic mass is 79.9. The molecule has 1 N–H and O–H groups in total. The van der Waals surface area contributed by atoms with Gasteiger partial charge in [-0.2, -0.15) is 5.10 Å². The minimum Gasteiger partial charge on any atom is -0.277 e. The number of halogens is 1. The summed E-state index contributed by atoms with van der Waals surface area (Å²) >= 11 is 3.43. The Kier molecular flexibility index (Phi) is 2.18. The topological polar surface area (TPSA) is 54.5 Å². The van der Waals surface area contributed by atoms with Gasteiger partial charge in [0, 0.05) is 27.8 Å². The largest absolute Gasteiger partial charge is 0.277 e. The summed E-state index contributed by atoms with van der Waals surface area (Å²) in [6.07, 6.45) is 5.02. The predicted molar refractivity (Wildman–Crippen MR) is 64.8 cm³/mol. The summed E-state index contributed by atoms with van der Waals surface area (Å²) in [7, 11) is 0. The third kappa shape index (κ3) is 1.49. The van der Waals surface area contributed by atoms with Crippen LogP contribution in [0.3, 0.4) is 0 Å². The molecule has 5 heteroatoms. The average molecular weight is 275 g/mol. The number of nitrogens with zero attached hydrogens (tertiary/aromatic N) is 3. The second kappa shape index (κ2) is 3.68. The number of nitrogens with one attached hydrogen (secondary N) is 1. The minimum atomic E-state index is 0.878. The van der Waals surface area contributed by atoms with Crippen LogP contribution in [-0.2, 0) is 0 Å². The van der Waals surface area contributed by atoms with Crippen LogP contribution in [0.25, 0.3) is 22.2 Å². The third-order valence-electron chi connectivity index (χ3n) is 2.36. The van der Waals surface area contributed by atoms with Gasteiger partial charge < -0.3 is 0 Å². The standard InChI is InChI=1S/C11H7BrN4/c12-8-1-2-9-10(3-8)15-16-11(9)7-4-13-6-14-5-7/h1-6H,(H,15,16). The maximum absolute atomic E-state index is 4.28. The molecular weight excluding hydrogens is 268 g/mol. The summed E-state index contributed by atoms with van der Waals surface area (Å²) in [6.45, 7) is 0. The van der Waals surface area contributed by atoms with Crippen molar-refractivity contribution in [1.82, 2.24) is 20.2 Å². The van der Waals surface area contributed by atoms with E-state index in [2.05, 4.69) is 36.1 Å². The smallest absolute Gasteiger partial charge is 0.115 e. The molecule has 16 heavy (non-hydrogen) atoms. The lowest BCUT2D eigenvalue weighted by Gasteiger charge is -1.95. The summed E-state index contributed by atoms with van der Waals surface area (Å²) < 4.78 is 1.03. The van der Waals surface area contributed by atoms with Crippen molar-refractivity contribution in [3.05, 3.63) is 41.4 Å². The zero-order chi connectivity index (χ0) is 11.0. The number of aromatic amines is 1. The molecule has 3 aromatic rings. The van der Waals surface area contributed by atoms with E-state index in [-0.39, 0.29) is 0 Å². The van der Waals surface area contributed by atoms with Crippen LogP contribution >= 0.6 is 15.9 Å². The first-order valence-electron chi connectivity index (χ1n) is 4.73. The lowest BCUT2D eigenvalue weighted by molar-refractivity contribution is 1.11. The Morgan fingerprint density at radius 1 is 1.12 bits per heavy atom. The molecule has 0 spiro atoms. The Morgan fingerprint density at radius 3 is 2.75 bits per heavy atom. The Labute approximate surface area is 99.9 Å². The van der Waals surface area contributed by atoms with E-state index in [0.717, 1.165) is 26.6 Å². The minimum absolute atomic E-state index is 0.878. The lowest BCUT2D eigenvalue weighted by Crippen LogP contribution is -1.82. The molecule has 1 aromatic carbocycles. The number of H-pyrrole nitrogens is 1. The summed E-state index contributed by atoms with van der Waals surface area (Å²) in [5.41, 5.74) is 2.78.